The lowest BCUT2D eigenvalue weighted by atomic mass is 9.99. The van der Waals surface area contributed by atoms with E-state index in [4.69, 9.17) is 0 Å². The van der Waals surface area contributed by atoms with Crippen LogP contribution in [-0.4, -0.2) is 10.4 Å². The molecule has 1 aromatic heterocycles. The average molecular weight is 315 g/mol. The summed E-state index contributed by atoms with van der Waals surface area (Å²) in [5, 5.41) is 0. The third-order valence-corrected chi connectivity index (χ3v) is 4.88. The van der Waals surface area contributed by atoms with E-state index in [2.05, 4.69) is 65.5 Å². The van der Waals surface area contributed by atoms with Crippen LogP contribution in [0.15, 0.2) is 73.1 Å². The quantitative estimate of drug-likeness (QED) is 0.661. The van der Waals surface area contributed by atoms with Crippen LogP contribution >= 0.6 is 0 Å². The van der Waals surface area contributed by atoms with Crippen molar-refractivity contribution in [3.63, 3.8) is 0 Å². The van der Waals surface area contributed by atoms with Gasteiger partial charge in [0.2, 0.25) is 0 Å². The molecule has 0 aliphatic heterocycles. The molecular weight excluding hydrogens is 294 g/mol. The second-order valence-corrected chi connectivity index (χ2v) is 6.55. The largest absolute Gasteiger partial charge is 0.343 e. The number of carbonyl (C=O) groups is 1. The molecule has 2 aromatic carbocycles. The van der Waals surface area contributed by atoms with Crippen LogP contribution in [0.25, 0.3) is 11.1 Å². The highest BCUT2D eigenvalue weighted by Crippen LogP contribution is 2.32. The van der Waals surface area contributed by atoms with Gasteiger partial charge in [-0.15, -0.1) is 0 Å². The number of rotatable bonds is 4. The lowest BCUT2D eigenvalue weighted by molar-refractivity contribution is -0.120. The topological polar surface area (TPSA) is 22.0 Å². The summed E-state index contributed by atoms with van der Waals surface area (Å²) >= 11 is 0. The van der Waals surface area contributed by atoms with Gasteiger partial charge >= 0.3 is 0 Å². The molecule has 1 heterocycles. The number of hydrogen-bond donors (Lipinski definition) is 0. The highest BCUT2D eigenvalue weighted by molar-refractivity contribution is 5.84. The number of aromatic nitrogens is 1. The molecule has 0 amide bonds. The summed E-state index contributed by atoms with van der Waals surface area (Å²) in [6.45, 7) is 0. The van der Waals surface area contributed by atoms with Crippen molar-refractivity contribution < 1.29 is 4.79 Å². The summed E-state index contributed by atoms with van der Waals surface area (Å²) < 4.78 is 2.15. The predicted molar refractivity (Wildman–Crippen MR) is 97.0 cm³/mol. The van der Waals surface area contributed by atoms with Crippen molar-refractivity contribution in [2.24, 2.45) is 0 Å². The van der Waals surface area contributed by atoms with Crippen LogP contribution < -0.4 is 0 Å². The zero-order valence-electron chi connectivity index (χ0n) is 13.7. The monoisotopic (exact) mass is 315 g/mol. The van der Waals surface area contributed by atoms with Gasteiger partial charge in [-0.25, -0.2) is 0 Å². The third kappa shape index (κ3) is 2.92. The van der Waals surface area contributed by atoms with E-state index in [1.165, 1.54) is 22.3 Å². The van der Waals surface area contributed by atoms with E-state index in [1.807, 2.05) is 12.1 Å². The third-order valence-electron chi connectivity index (χ3n) is 4.88. The number of carbonyl (C=O) groups excluding carboxylic acids is 1. The first-order chi connectivity index (χ1) is 11.8. The Kier molecular flexibility index (Phi) is 4.04. The number of ketones is 1. The van der Waals surface area contributed by atoms with E-state index >= 15 is 0 Å². The van der Waals surface area contributed by atoms with Gasteiger partial charge < -0.3 is 4.57 Å². The van der Waals surface area contributed by atoms with Crippen LogP contribution in [0.2, 0.25) is 0 Å². The van der Waals surface area contributed by atoms with Gasteiger partial charge in [0.15, 0.2) is 5.78 Å². The van der Waals surface area contributed by atoms with Crippen LogP contribution in [0.1, 0.15) is 36.4 Å². The molecule has 24 heavy (non-hydrogen) atoms. The van der Waals surface area contributed by atoms with E-state index in [9.17, 15) is 4.79 Å². The maximum Gasteiger partial charge on any atom is 0.155 e. The Morgan fingerprint density at radius 3 is 2.29 bits per heavy atom. The lowest BCUT2D eigenvalue weighted by Gasteiger charge is -2.09. The molecule has 0 radical (unpaired) electrons. The summed E-state index contributed by atoms with van der Waals surface area (Å²) in [6.07, 6.45) is 7.93. The summed E-state index contributed by atoms with van der Waals surface area (Å²) in [5.41, 5.74) is 5.03. The Bertz CT molecular complexity index is 833. The minimum absolute atomic E-state index is 0.0250. The number of Topliss-reactive ketones (excluding diaryl/α,β-unsaturated/α-hetero) is 1. The van der Waals surface area contributed by atoms with Crippen LogP contribution in [0.5, 0.6) is 0 Å². The van der Waals surface area contributed by atoms with E-state index in [0.29, 0.717) is 5.78 Å². The molecule has 1 aliphatic rings. The van der Waals surface area contributed by atoms with Gasteiger partial charge in [-0.05, 0) is 36.0 Å². The zero-order valence-corrected chi connectivity index (χ0v) is 13.7. The van der Waals surface area contributed by atoms with Gasteiger partial charge in [-0.3, -0.25) is 4.79 Å². The normalized spacial score (nSPS) is 17.3. The van der Waals surface area contributed by atoms with Crippen LogP contribution in [0.4, 0.5) is 0 Å². The van der Waals surface area contributed by atoms with Crippen LogP contribution in [-0.2, 0) is 11.2 Å². The van der Waals surface area contributed by atoms with Crippen molar-refractivity contribution in [3.8, 4) is 11.1 Å². The zero-order chi connectivity index (χ0) is 16.4. The summed E-state index contributed by atoms with van der Waals surface area (Å²) in [7, 11) is 0. The molecule has 1 unspecified atom stereocenters. The molecule has 1 atom stereocenters. The fourth-order valence-electron chi connectivity index (χ4n) is 3.65. The Labute approximate surface area is 142 Å². The molecule has 1 saturated carbocycles. The van der Waals surface area contributed by atoms with E-state index in [0.717, 1.165) is 25.7 Å². The average Bonchev–Trinajstić information content (AvgIpc) is 3.23. The van der Waals surface area contributed by atoms with E-state index in [1.54, 1.807) is 0 Å². The highest BCUT2D eigenvalue weighted by atomic mass is 16.1. The summed E-state index contributed by atoms with van der Waals surface area (Å²) in [5.74, 6) is 0.371. The van der Waals surface area contributed by atoms with Gasteiger partial charge in [0.1, 0.15) is 0 Å². The Hall–Kier alpha value is -2.61. The highest BCUT2D eigenvalue weighted by Gasteiger charge is 2.26. The number of hydrogen-bond acceptors (Lipinski definition) is 1. The minimum Gasteiger partial charge on any atom is -0.343 e. The predicted octanol–water partition coefficient (Wildman–Crippen LogP) is 5.04. The van der Waals surface area contributed by atoms with Gasteiger partial charge in [0.05, 0.1) is 6.04 Å². The number of nitrogens with zero attached hydrogens (tertiary/aromatic N) is 1. The molecule has 120 valence electrons. The van der Waals surface area contributed by atoms with Crippen LogP contribution in [0, 0.1) is 0 Å². The minimum atomic E-state index is 0.0250. The summed E-state index contributed by atoms with van der Waals surface area (Å²) in [4.78, 5) is 12.2. The molecule has 4 rings (SSSR count). The molecule has 3 aromatic rings. The molecule has 0 N–H and O–H groups in total. The summed E-state index contributed by atoms with van der Waals surface area (Å²) in [6, 6.07) is 21.0. The standard InChI is InChI=1S/C22H21NO/c24-22-13-7-12-21(22)23-15-19(14-17-8-3-1-4-9-17)20(16-23)18-10-5-2-6-11-18/h1-6,8-11,15-16,21H,7,12-14H2. The first kappa shape index (κ1) is 14.9. The molecule has 2 heteroatoms. The smallest absolute Gasteiger partial charge is 0.155 e. The molecule has 0 saturated heterocycles. The van der Waals surface area contributed by atoms with Crippen molar-refractivity contribution in [1.82, 2.24) is 4.57 Å². The fourth-order valence-corrected chi connectivity index (χ4v) is 3.65. The van der Waals surface area contributed by atoms with Crippen molar-refractivity contribution >= 4 is 5.78 Å². The van der Waals surface area contributed by atoms with Gasteiger partial charge in [0, 0.05) is 24.4 Å². The maximum atomic E-state index is 12.2. The maximum absolute atomic E-state index is 12.2. The van der Waals surface area contributed by atoms with Crippen LogP contribution in [0.3, 0.4) is 0 Å². The molecule has 2 nitrogen and oxygen atoms in total. The molecule has 1 aliphatic carbocycles. The van der Waals surface area contributed by atoms with Gasteiger partial charge in [0.25, 0.3) is 0 Å². The SMILES string of the molecule is O=C1CCCC1n1cc(Cc2ccccc2)c(-c2ccccc2)c1. The van der Waals surface area contributed by atoms with Crippen molar-refractivity contribution in [2.75, 3.05) is 0 Å². The van der Waals surface area contributed by atoms with Gasteiger partial charge in [-0.2, -0.15) is 0 Å². The van der Waals surface area contributed by atoms with Crippen molar-refractivity contribution in [1.29, 1.82) is 0 Å². The second-order valence-electron chi connectivity index (χ2n) is 6.55. The second kappa shape index (κ2) is 6.48. The van der Waals surface area contributed by atoms with E-state index in [-0.39, 0.29) is 6.04 Å². The van der Waals surface area contributed by atoms with Crippen molar-refractivity contribution in [3.05, 3.63) is 84.2 Å². The molecule has 0 spiro atoms. The molecule has 0 bridgehead atoms. The first-order valence-corrected chi connectivity index (χ1v) is 8.64. The first-order valence-electron chi connectivity index (χ1n) is 8.64. The van der Waals surface area contributed by atoms with Crippen molar-refractivity contribution in [2.45, 2.75) is 31.7 Å². The Morgan fingerprint density at radius 2 is 1.62 bits per heavy atom. The molecule has 1 fully saturated rings. The lowest BCUT2D eigenvalue weighted by Crippen LogP contribution is -2.11. The molecular formula is C22H21NO. The number of benzene rings is 2. The Morgan fingerprint density at radius 1 is 0.917 bits per heavy atom. The van der Waals surface area contributed by atoms with Gasteiger partial charge in [-0.1, -0.05) is 60.7 Å². The fraction of sp³-hybridized carbons (Fsp3) is 0.227. The Balaban J connectivity index is 1.75. The van der Waals surface area contributed by atoms with E-state index < -0.39 is 0 Å².